The van der Waals surface area contributed by atoms with Gasteiger partial charge in [-0.3, -0.25) is 14.6 Å². The Morgan fingerprint density at radius 2 is 1.91 bits per heavy atom. The summed E-state index contributed by atoms with van der Waals surface area (Å²) in [5.74, 6) is -0.778. The summed E-state index contributed by atoms with van der Waals surface area (Å²) in [5, 5.41) is 15.3. The Bertz CT molecular complexity index is 957. The number of nitrogens with zero attached hydrogens (tertiary/aromatic N) is 2. The molecule has 1 aliphatic rings. The van der Waals surface area contributed by atoms with Crippen molar-refractivity contribution in [3.63, 3.8) is 0 Å². The van der Waals surface area contributed by atoms with E-state index in [0.717, 1.165) is 0 Å². The van der Waals surface area contributed by atoms with Crippen molar-refractivity contribution in [1.82, 2.24) is 9.97 Å². The summed E-state index contributed by atoms with van der Waals surface area (Å²) in [7, 11) is 0. The van der Waals surface area contributed by atoms with Gasteiger partial charge in [0.25, 0.3) is 11.5 Å². The quantitative estimate of drug-likeness (QED) is 0.579. The summed E-state index contributed by atoms with van der Waals surface area (Å²) in [6.45, 7) is 1.66. The molecular weight excluding hydrogens is 316 g/mol. The Morgan fingerprint density at radius 1 is 1.22 bits per heavy atom. The second kappa shape index (κ2) is 5.65. The van der Waals surface area contributed by atoms with Gasteiger partial charge in [0.05, 0.1) is 17.0 Å². The molecule has 1 amide bonds. The number of H-pyrrole nitrogens is 2. The highest BCUT2D eigenvalue weighted by Gasteiger charge is 2.29. The van der Waals surface area contributed by atoms with Gasteiger partial charge in [-0.2, -0.15) is 10.1 Å². The Kier molecular flexibility index (Phi) is 3.67. The fourth-order valence-corrected chi connectivity index (χ4v) is 2.38. The molecule has 1 aromatic carbocycles. The largest absolute Gasteiger partial charge is 0.494 e. The highest BCUT2D eigenvalue weighted by Crippen LogP contribution is 2.25. The predicted octanol–water partition coefficient (Wildman–Crippen LogP) is 1.94. The minimum absolute atomic E-state index is 0.00343. The van der Waals surface area contributed by atoms with Crippen LogP contribution in [-0.4, -0.2) is 26.7 Å². The summed E-state index contributed by atoms with van der Waals surface area (Å²) in [6.07, 6.45) is 1.30. The van der Waals surface area contributed by atoms with Crippen LogP contribution in [0.25, 0.3) is 6.08 Å². The van der Waals surface area contributed by atoms with Crippen LogP contribution in [0, 0.1) is 4.77 Å². The number of rotatable bonds is 2. The van der Waals surface area contributed by atoms with E-state index in [1.54, 1.807) is 31.2 Å². The zero-order valence-corrected chi connectivity index (χ0v) is 12.8. The number of para-hydroxylation sites is 1. The first-order valence-corrected chi connectivity index (χ1v) is 7.10. The molecule has 0 saturated heterocycles. The third-order valence-corrected chi connectivity index (χ3v) is 3.51. The molecule has 2 aromatic rings. The van der Waals surface area contributed by atoms with E-state index in [2.05, 4.69) is 15.1 Å². The van der Waals surface area contributed by atoms with E-state index in [0.29, 0.717) is 11.4 Å². The molecule has 0 bridgehead atoms. The first kappa shape index (κ1) is 14.9. The first-order valence-electron chi connectivity index (χ1n) is 6.69. The van der Waals surface area contributed by atoms with Crippen molar-refractivity contribution in [2.75, 3.05) is 5.01 Å². The lowest BCUT2D eigenvalue weighted by Gasteiger charge is -2.11. The number of anilines is 1. The smallest absolute Gasteiger partial charge is 0.280 e. The molecule has 0 saturated carbocycles. The standard InChI is InChI=1S/C15H12N4O3S/c1-8-10(7-11-12(20)16-15(23)17-13(11)21)14(22)19(18-8)9-5-3-2-4-6-9/h2-7H,1H3,(H3,16,17,20,21,23). The van der Waals surface area contributed by atoms with Gasteiger partial charge in [-0.25, -0.2) is 0 Å². The van der Waals surface area contributed by atoms with Crippen LogP contribution in [0.1, 0.15) is 12.5 Å². The van der Waals surface area contributed by atoms with Gasteiger partial charge in [-0.1, -0.05) is 18.2 Å². The lowest BCUT2D eigenvalue weighted by atomic mass is 10.1. The molecule has 0 unspecified atom stereocenters. The Hall–Kier alpha value is -3.00. The molecule has 0 radical (unpaired) electrons. The Balaban J connectivity index is 2.06. The van der Waals surface area contributed by atoms with Crippen LogP contribution in [0.5, 0.6) is 5.88 Å². The average Bonchev–Trinajstić information content (AvgIpc) is 2.79. The maximum Gasteiger partial charge on any atom is 0.280 e. The second-order valence-corrected chi connectivity index (χ2v) is 5.27. The van der Waals surface area contributed by atoms with E-state index in [9.17, 15) is 14.7 Å². The molecule has 0 spiro atoms. The second-order valence-electron chi connectivity index (χ2n) is 4.87. The lowest BCUT2D eigenvalue weighted by molar-refractivity contribution is -0.114. The van der Waals surface area contributed by atoms with Crippen molar-refractivity contribution < 1.29 is 9.90 Å². The molecule has 1 aromatic heterocycles. The average molecular weight is 328 g/mol. The van der Waals surface area contributed by atoms with Crippen molar-refractivity contribution in [3.05, 3.63) is 56.6 Å². The Morgan fingerprint density at radius 3 is 2.57 bits per heavy atom. The van der Waals surface area contributed by atoms with Crippen LogP contribution in [0.3, 0.4) is 0 Å². The zero-order chi connectivity index (χ0) is 16.6. The maximum atomic E-state index is 12.5. The van der Waals surface area contributed by atoms with E-state index in [-0.39, 0.29) is 21.8 Å². The number of hydrogen-bond donors (Lipinski definition) is 3. The van der Waals surface area contributed by atoms with Crippen LogP contribution in [0.4, 0.5) is 5.69 Å². The predicted molar refractivity (Wildman–Crippen MR) is 88.9 cm³/mol. The van der Waals surface area contributed by atoms with Crippen LogP contribution in [0.2, 0.25) is 0 Å². The van der Waals surface area contributed by atoms with E-state index < -0.39 is 11.4 Å². The molecule has 116 valence electrons. The van der Waals surface area contributed by atoms with Crippen molar-refractivity contribution in [1.29, 1.82) is 0 Å². The molecule has 3 rings (SSSR count). The van der Waals surface area contributed by atoms with Crippen LogP contribution in [-0.2, 0) is 4.79 Å². The normalized spacial score (nSPS) is 16.0. The van der Waals surface area contributed by atoms with E-state index >= 15 is 0 Å². The van der Waals surface area contributed by atoms with E-state index in [4.69, 9.17) is 12.2 Å². The number of nitrogens with one attached hydrogen (secondary N) is 2. The molecule has 23 heavy (non-hydrogen) atoms. The van der Waals surface area contributed by atoms with Gasteiger partial charge in [-0.05, 0) is 37.4 Å². The number of hydrazone groups is 1. The minimum Gasteiger partial charge on any atom is -0.494 e. The number of carbonyl (C=O) groups excluding carboxylic acids is 1. The Labute approximate surface area is 135 Å². The molecule has 0 fully saturated rings. The van der Waals surface area contributed by atoms with Crippen molar-refractivity contribution >= 4 is 35.6 Å². The van der Waals surface area contributed by atoms with Crippen LogP contribution >= 0.6 is 12.2 Å². The van der Waals surface area contributed by atoms with Gasteiger partial charge in [-0.15, -0.1) is 0 Å². The third-order valence-electron chi connectivity index (χ3n) is 3.31. The summed E-state index contributed by atoms with van der Waals surface area (Å²) in [6, 6.07) is 8.93. The fraction of sp³-hybridized carbons (Fsp3) is 0.0667. The number of carbonyl (C=O) groups is 1. The van der Waals surface area contributed by atoms with Gasteiger partial charge < -0.3 is 10.1 Å². The van der Waals surface area contributed by atoms with Crippen molar-refractivity contribution in [2.24, 2.45) is 5.10 Å². The minimum atomic E-state index is -0.586. The molecule has 3 N–H and O–H groups in total. The summed E-state index contributed by atoms with van der Waals surface area (Å²) < 4.78 is 0.00343. The molecule has 0 aliphatic carbocycles. The van der Waals surface area contributed by atoms with Gasteiger partial charge >= 0.3 is 0 Å². The fourth-order valence-electron chi connectivity index (χ4n) is 2.19. The van der Waals surface area contributed by atoms with Crippen LogP contribution < -0.4 is 10.6 Å². The molecule has 0 atom stereocenters. The third kappa shape index (κ3) is 2.71. The summed E-state index contributed by atoms with van der Waals surface area (Å²) >= 11 is 4.77. The number of aromatic hydroxyl groups is 1. The molecule has 8 heteroatoms. The highest BCUT2D eigenvalue weighted by molar-refractivity contribution is 7.71. The molecule has 1 aliphatic heterocycles. The number of benzene rings is 1. The number of aromatic nitrogens is 2. The number of amides is 1. The highest BCUT2D eigenvalue weighted by atomic mass is 32.1. The first-order chi connectivity index (χ1) is 11.0. The van der Waals surface area contributed by atoms with Gasteiger partial charge in [0.1, 0.15) is 5.56 Å². The van der Waals surface area contributed by atoms with Gasteiger partial charge in [0.15, 0.2) is 4.77 Å². The summed E-state index contributed by atoms with van der Waals surface area (Å²) in [4.78, 5) is 29.2. The van der Waals surface area contributed by atoms with Crippen molar-refractivity contribution in [3.8, 4) is 5.88 Å². The molecule has 7 nitrogen and oxygen atoms in total. The number of hydrogen-bond acceptors (Lipinski definition) is 5. The summed E-state index contributed by atoms with van der Waals surface area (Å²) in [5.41, 5.74) is 0.620. The van der Waals surface area contributed by atoms with Gasteiger partial charge in [0.2, 0.25) is 5.88 Å². The van der Waals surface area contributed by atoms with Crippen LogP contribution in [0.15, 0.2) is 45.8 Å². The SMILES string of the molecule is CC1=NN(c2ccccc2)C(=O)C1=Cc1c(O)[nH]c(=S)[nH]c1=O. The van der Waals surface area contributed by atoms with E-state index in [1.165, 1.54) is 11.1 Å². The molecule has 2 heterocycles. The molecular formula is C15H12N4O3S. The monoisotopic (exact) mass is 328 g/mol. The van der Waals surface area contributed by atoms with Gasteiger partial charge in [0, 0.05) is 0 Å². The van der Waals surface area contributed by atoms with E-state index in [1.807, 2.05) is 6.07 Å². The zero-order valence-electron chi connectivity index (χ0n) is 12.0. The van der Waals surface area contributed by atoms with Crippen molar-refractivity contribution in [2.45, 2.75) is 6.92 Å². The topological polar surface area (TPSA) is 102 Å². The maximum absolute atomic E-state index is 12.5. The lowest BCUT2D eigenvalue weighted by Crippen LogP contribution is -2.21. The number of aromatic amines is 2.